The first kappa shape index (κ1) is 11.6. The van der Waals surface area contributed by atoms with Gasteiger partial charge >= 0.3 is 0 Å². The predicted octanol–water partition coefficient (Wildman–Crippen LogP) is 2.90. The van der Waals surface area contributed by atoms with Crippen LogP contribution >= 0.6 is 11.6 Å². The smallest absolute Gasteiger partial charge is 0.223 e. The fourth-order valence-corrected chi connectivity index (χ4v) is 1.57. The van der Waals surface area contributed by atoms with E-state index in [1.807, 2.05) is 0 Å². The third-order valence-corrected chi connectivity index (χ3v) is 2.44. The van der Waals surface area contributed by atoms with E-state index in [2.05, 4.69) is 15.3 Å². The predicted molar refractivity (Wildman–Crippen MR) is 65.9 cm³/mol. The fourth-order valence-electron chi connectivity index (χ4n) is 1.38. The maximum absolute atomic E-state index is 13.3. The molecule has 0 spiro atoms. The molecular formula is C11H10ClFN4. The molecule has 1 aromatic carbocycles. The van der Waals surface area contributed by atoms with Gasteiger partial charge in [-0.15, -0.1) is 0 Å². The molecule has 17 heavy (non-hydrogen) atoms. The van der Waals surface area contributed by atoms with Gasteiger partial charge in [0, 0.05) is 17.3 Å². The quantitative estimate of drug-likeness (QED) is 0.807. The van der Waals surface area contributed by atoms with Crippen LogP contribution in [0.25, 0.3) is 0 Å². The van der Waals surface area contributed by atoms with Crippen molar-refractivity contribution in [2.75, 3.05) is 11.1 Å². The molecule has 0 saturated heterocycles. The molecule has 1 aromatic heterocycles. The van der Waals surface area contributed by atoms with E-state index in [1.165, 1.54) is 12.1 Å². The molecule has 0 aliphatic rings. The van der Waals surface area contributed by atoms with E-state index in [0.29, 0.717) is 17.1 Å². The first-order chi connectivity index (χ1) is 8.06. The summed E-state index contributed by atoms with van der Waals surface area (Å²) in [7, 11) is 0. The average molecular weight is 253 g/mol. The molecule has 0 unspecified atom stereocenters. The van der Waals surface area contributed by atoms with Crippen LogP contribution in [0, 0.1) is 12.7 Å². The van der Waals surface area contributed by atoms with Crippen molar-refractivity contribution < 1.29 is 4.39 Å². The summed E-state index contributed by atoms with van der Waals surface area (Å²) in [6.45, 7) is 1.67. The van der Waals surface area contributed by atoms with Crippen molar-refractivity contribution in [3.63, 3.8) is 0 Å². The number of nitrogens with two attached hydrogens (primary N) is 1. The third-order valence-electron chi connectivity index (χ3n) is 2.24. The minimum Gasteiger partial charge on any atom is -0.368 e. The van der Waals surface area contributed by atoms with Gasteiger partial charge in [0.25, 0.3) is 0 Å². The van der Waals surface area contributed by atoms with Gasteiger partial charge in [0.15, 0.2) is 0 Å². The minimum atomic E-state index is -0.289. The van der Waals surface area contributed by atoms with Crippen LogP contribution < -0.4 is 11.1 Å². The van der Waals surface area contributed by atoms with E-state index in [4.69, 9.17) is 17.3 Å². The van der Waals surface area contributed by atoms with E-state index in [1.54, 1.807) is 19.1 Å². The lowest BCUT2D eigenvalue weighted by atomic mass is 10.2. The molecule has 3 N–H and O–H groups in total. The second-order valence-corrected chi connectivity index (χ2v) is 3.86. The van der Waals surface area contributed by atoms with Gasteiger partial charge in [0.05, 0.1) is 0 Å². The molecular weight excluding hydrogens is 243 g/mol. The zero-order chi connectivity index (χ0) is 12.4. The molecule has 2 aromatic rings. The van der Waals surface area contributed by atoms with Crippen LogP contribution in [0.1, 0.15) is 5.56 Å². The van der Waals surface area contributed by atoms with Gasteiger partial charge < -0.3 is 11.1 Å². The second kappa shape index (κ2) is 4.55. The molecule has 2 rings (SSSR count). The Morgan fingerprint density at radius 2 is 2.12 bits per heavy atom. The Bertz CT molecular complexity index is 539. The van der Waals surface area contributed by atoms with E-state index in [9.17, 15) is 4.39 Å². The lowest BCUT2D eigenvalue weighted by molar-refractivity contribution is 0.619. The SMILES string of the molecule is Cc1c(F)cccc1Nc1cc(Cl)nc(N)n1. The van der Waals surface area contributed by atoms with Gasteiger partial charge in [-0.05, 0) is 19.1 Å². The Labute approximate surface area is 103 Å². The van der Waals surface area contributed by atoms with Gasteiger partial charge in [-0.1, -0.05) is 17.7 Å². The molecule has 0 aliphatic heterocycles. The zero-order valence-electron chi connectivity index (χ0n) is 9.04. The number of rotatable bonds is 2. The Hall–Kier alpha value is -1.88. The van der Waals surface area contributed by atoms with E-state index < -0.39 is 0 Å². The lowest BCUT2D eigenvalue weighted by Crippen LogP contribution is -2.01. The van der Waals surface area contributed by atoms with Gasteiger partial charge in [-0.2, -0.15) is 4.98 Å². The van der Waals surface area contributed by atoms with Crippen molar-refractivity contribution >= 4 is 29.1 Å². The van der Waals surface area contributed by atoms with Crippen molar-refractivity contribution in [3.8, 4) is 0 Å². The van der Waals surface area contributed by atoms with Crippen LogP contribution in [-0.4, -0.2) is 9.97 Å². The molecule has 0 saturated carbocycles. The van der Waals surface area contributed by atoms with E-state index in [-0.39, 0.29) is 16.9 Å². The van der Waals surface area contributed by atoms with Gasteiger partial charge in [-0.25, -0.2) is 9.37 Å². The van der Waals surface area contributed by atoms with Crippen LogP contribution in [0.3, 0.4) is 0 Å². The fraction of sp³-hybridized carbons (Fsp3) is 0.0909. The van der Waals surface area contributed by atoms with Crippen molar-refractivity contribution in [2.24, 2.45) is 0 Å². The van der Waals surface area contributed by atoms with Crippen molar-refractivity contribution in [3.05, 3.63) is 40.8 Å². The molecule has 0 atom stereocenters. The number of nitrogens with zero attached hydrogens (tertiary/aromatic N) is 2. The third kappa shape index (κ3) is 2.62. The highest BCUT2D eigenvalue weighted by Gasteiger charge is 2.05. The molecule has 0 fully saturated rings. The number of nitrogens with one attached hydrogen (secondary N) is 1. The van der Waals surface area contributed by atoms with Gasteiger partial charge in [0.1, 0.15) is 16.8 Å². The molecule has 0 bridgehead atoms. The summed E-state index contributed by atoms with van der Waals surface area (Å²) in [6, 6.07) is 6.26. The molecule has 88 valence electrons. The minimum absolute atomic E-state index is 0.0639. The average Bonchev–Trinajstić information content (AvgIpc) is 2.23. The summed E-state index contributed by atoms with van der Waals surface area (Å²) < 4.78 is 13.3. The van der Waals surface area contributed by atoms with E-state index in [0.717, 1.165) is 0 Å². The van der Waals surface area contributed by atoms with Crippen LogP contribution in [-0.2, 0) is 0 Å². The highest BCUT2D eigenvalue weighted by Crippen LogP contribution is 2.22. The maximum atomic E-state index is 13.3. The monoisotopic (exact) mass is 252 g/mol. The number of anilines is 3. The summed E-state index contributed by atoms with van der Waals surface area (Å²) in [5.74, 6) is 0.202. The molecule has 0 amide bonds. The molecule has 4 nitrogen and oxygen atoms in total. The Morgan fingerprint density at radius 3 is 2.82 bits per heavy atom. The Balaban J connectivity index is 2.34. The second-order valence-electron chi connectivity index (χ2n) is 3.47. The van der Waals surface area contributed by atoms with Crippen molar-refractivity contribution in [1.29, 1.82) is 0 Å². The van der Waals surface area contributed by atoms with Crippen molar-refractivity contribution in [1.82, 2.24) is 9.97 Å². The normalized spacial score (nSPS) is 10.3. The van der Waals surface area contributed by atoms with E-state index >= 15 is 0 Å². The number of hydrogen-bond donors (Lipinski definition) is 2. The van der Waals surface area contributed by atoms with Crippen LogP contribution in [0.2, 0.25) is 5.15 Å². The Morgan fingerprint density at radius 1 is 1.35 bits per heavy atom. The highest BCUT2D eigenvalue weighted by molar-refractivity contribution is 6.29. The molecule has 0 radical (unpaired) electrons. The van der Waals surface area contributed by atoms with Gasteiger partial charge in [0.2, 0.25) is 5.95 Å². The molecule has 6 heteroatoms. The van der Waals surface area contributed by atoms with Crippen LogP contribution in [0.4, 0.5) is 21.8 Å². The number of aromatic nitrogens is 2. The van der Waals surface area contributed by atoms with Crippen molar-refractivity contribution in [2.45, 2.75) is 6.92 Å². The standard InChI is InChI=1S/C11H10ClFN4/c1-6-7(13)3-2-4-8(6)15-10-5-9(12)16-11(14)17-10/h2-5H,1H3,(H3,14,15,16,17). The Kier molecular flexibility index (Phi) is 3.10. The lowest BCUT2D eigenvalue weighted by Gasteiger charge is -2.09. The summed E-state index contributed by atoms with van der Waals surface area (Å²) in [4.78, 5) is 7.68. The summed E-state index contributed by atoms with van der Waals surface area (Å²) >= 11 is 5.74. The largest absolute Gasteiger partial charge is 0.368 e. The number of hydrogen-bond acceptors (Lipinski definition) is 4. The number of benzene rings is 1. The molecule has 1 heterocycles. The topological polar surface area (TPSA) is 63.8 Å². The zero-order valence-corrected chi connectivity index (χ0v) is 9.79. The maximum Gasteiger partial charge on any atom is 0.223 e. The summed E-state index contributed by atoms with van der Waals surface area (Å²) in [5.41, 5.74) is 6.57. The molecule has 0 aliphatic carbocycles. The van der Waals surface area contributed by atoms with Crippen LogP contribution in [0.15, 0.2) is 24.3 Å². The summed E-state index contributed by atoms with van der Waals surface area (Å²) in [5, 5.41) is 3.17. The highest BCUT2D eigenvalue weighted by atomic mass is 35.5. The first-order valence-electron chi connectivity index (χ1n) is 4.88. The van der Waals surface area contributed by atoms with Crippen LogP contribution in [0.5, 0.6) is 0 Å². The van der Waals surface area contributed by atoms with Gasteiger partial charge in [-0.3, -0.25) is 0 Å². The number of nitrogen functional groups attached to an aromatic ring is 1. The summed E-state index contributed by atoms with van der Waals surface area (Å²) in [6.07, 6.45) is 0. The first-order valence-corrected chi connectivity index (χ1v) is 5.26. The number of halogens is 2.